The third kappa shape index (κ3) is 4.68. The number of sulfone groups is 1. The summed E-state index contributed by atoms with van der Waals surface area (Å²) >= 11 is 0. The van der Waals surface area contributed by atoms with Crippen molar-refractivity contribution < 1.29 is 16.8 Å². The van der Waals surface area contributed by atoms with Gasteiger partial charge < -0.3 is 0 Å². The molecule has 1 heterocycles. The second kappa shape index (κ2) is 9.39. The first-order valence-electron chi connectivity index (χ1n) is 11.2. The van der Waals surface area contributed by atoms with Gasteiger partial charge in [0.15, 0.2) is 9.84 Å². The standard InChI is InChI=1S/C27H29NO4S2/c1-20-9-13-24(14-10-20)33(29,30)27-17-18-28(34(31,32)25-15-11-21(2)12-16-25)26(22(27)3)19-23-7-5-4-6-8-23/h4-18,22,26-27H,19H2,1-3H3/t22-,26-,27+/m0/s1. The van der Waals surface area contributed by atoms with Gasteiger partial charge in [-0.2, -0.15) is 0 Å². The van der Waals surface area contributed by atoms with Crippen molar-refractivity contribution in [1.82, 2.24) is 4.31 Å². The molecule has 1 aliphatic heterocycles. The lowest BCUT2D eigenvalue weighted by Crippen LogP contribution is -2.49. The largest absolute Gasteiger partial charge is 0.270 e. The van der Waals surface area contributed by atoms with Crippen LogP contribution < -0.4 is 0 Å². The summed E-state index contributed by atoms with van der Waals surface area (Å²) < 4.78 is 55.7. The number of hydrogen-bond acceptors (Lipinski definition) is 4. The second-order valence-corrected chi connectivity index (χ2v) is 12.9. The molecule has 3 aromatic carbocycles. The van der Waals surface area contributed by atoms with Crippen LogP contribution in [0.4, 0.5) is 0 Å². The second-order valence-electron chi connectivity index (χ2n) is 8.93. The Labute approximate surface area is 202 Å². The van der Waals surface area contributed by atoms with Gasteiger partial charge in [-0.15, -0.1) is 0 Å². The van der Waals surface area contributed by atoms with Crippen LogP contribution >= 0.6 is 0 Å². The van der Waals surface area contributed by atoms with Gasteiger partial charge in [0.05, 0.1) is 21.1 Å². The lowest BCUT2D eigenvalue weighted by molar-refractivity contribution is 0.283. The maximum atomic E-state index is 13.6. The quantitative estimate of drug-likeness (QED) is 0.487. The van der Waals surface area contributed by atoms with Crippen LogP contribution in [-0.2, 0) is 26.3 Å². The molecule has 0 radical (unpaired) electrons. The minimum absolute atomic E-state index is 0.188. The molecule has 0 aromatic heterocycles. The summed E-state index contributed by atoms with van der Waals surface area (Å²) in [6.07, 6.45) is 3.36. The molecule has 3 aromatic rings. The van der Waals surface area contributed by atoms with Gasteiger partial charge in [0.2, 0.25) is 0 Å². The molecule has 7 heteroatoms. The van der Waals surface area contributed by atoms with Crippen LogP contribution in [0.15, 0.2) is 101 Å². The van der Waals surface area contributed by atoms with Crippen molar-refractivity contribution >= 4 is 19.9 Å². The van der Waals surface area contributed by atoms with Crippen LogP contribution in [0.25, 0.3) is 0 Å². The van der Waals surface area contributed by atoms with Crippen LogP contribution in [-0.4, -0.2) is 32.4 Å². The number of benzene rings is 3. The van der Waals surface area contributed by atoms with E-state index in [4.69, 9.17) is 0 Å². The van der Waals surface area contributed by atoms with Crippen molar-refractivity contribution in [2.24, 2.45) is 5.92 Å². The SMILES string of the molecule is Cc1ccc(S(=O)(=O)[C@@H]2C=CN(S(=O)(=O)c3ccc(C)cc3)[C@@H](Cc3ccccc3)[C@@H]2C)cc1. The summed E-state index contributed by atoms with van der Waals surface area (Å²) in [5, 5.41) is -0.839. The maximum absolute atomic E-state index is 13.6. The zero-order chi connectivity index (χ0) is 24.5. The highest BCUT2D eigenvalue weighted by atomic mass is 32.2. The maximum Gasteiger partial charge on any atom is 0.264 e. The van der Waals surface area contributed by atoms with Gasteiger partial charge in [-0.25, -0.2) is 16.8 Å². The Morgan fingerprint density at radius 2 is 1.26 bits per heavy atom. The molecule has 0 saturated heterocycles. The first kappa shape index (κ1) is 24.2. The van der Waals surface area contributed by atoms with Gasteiger partial charge >= 0.3 is 0 Å². The lowest BCUT2D eigenvalue weighted by Gasteiger charge is -2.40. The summed E-state index contributed by atoms with van der Waals surface area (Å²) in [6, 6.07) is 22.5. The molecular formula is C27H29NO4S2. The normalized spacial score (nSPS) is 20.9. The molecule has 34 heavy (non-hydrogen) atoms. The predicted octanol–water partition coefficient (Wildman–Crippen LogP) is 4.91. The van der Waals surface area contributed by atoms with E-state index in [1.165, 1.54) is 16.6 Å². The topological polar surface area (TPSA) is 71.5 Å². The molecule has 0 N–H and O–H groups in total. The van der Waals surface area contributed by atoms with E-state index in [-0.39, 0.29) is 9.79 Å². The van der Waals surface area contributed by atoms with E-state index in [0.717, 1.165) is 16.7 Å². The molecule has 0 unspecified atom stereocenters. The average molecular weight is 496 g/mol. The Bertz CT molecular complexity index is 1380. The third-order valence-corrected chi connectivity index (χ3v) is 10.5. The van der Waals surface area contributed by atoms with Crippen molar-refractivity contribution in [2.45, 2.75) is 48.3 Å². The zero-order valence-corrected chi connectivity index (χ0v) is 21.1. The number of hydrogen-bond donors (Lipinski definition) is 0. The van der Waals surface area contributed by atoms with E-state index < -0.39 is 37.1 Å². The Balaban J connectivity index is 1.78. The van der Waals surface area contributed by atoms with Gasteiger partial charge in [0.1, 0.15) is 0 Å². The lowest BCUT2D eigenvalue weighted by atomic mass is 9.90. The van der Waals surface area contributed by atoms with Crippen molar-refractivity contribution in [3.8, 4) is 0 Å². The minimum Gasteiger partial charge on any atom is -0.270 e. The van der Waals surface area contributed by atoms with Gasteiger partial charge in [-0.05, 0) is 62.1 Å². The van der Waals surface area contributed by atoms with E-state index in [1.807, 2.05) is 51.1 Å². The number of nitrogens with zero attached hydrogens (tertiary/aromatic N) is 1. The fraction of sp³-hybridized carbons (Fsp3) is 0.259. The van der Waals surface area contributed by atoms with E-state index in [2.05, 4.69) is 0 Å². The smallest absolute Gasteiger partial charge is 0.264 e. The zero-order valence-electron chi connectivity index (χ0n) is 19.5. The third-order valence-electron chi connectivity index (χ3n) is 6.47. The fourth-order valence-corrected chi connectivity index (χ4v) is 7.83. The Morgan fingerprint density at radius 1 is 0.735 bits per heavy atom. The molecule has 0 spiro atoms. The molecule has 0 saturated carbocycles. The summed E-state index contributed by atoms with van der Waals surface area (Å²) in [5.74, 6) is -0.475. The summed E-state index contributed by atoms with van der Waals surface area (Å²) in [5.41, 5.74) is 2.89. The molecule has 0 amide bonds. The summed E-state index contributed by atoms with van der Waals surface area (Å²) in [4.78, 5) is 0.431. The first-order chi connectivity index (χ1) is 16.1. The molecule has 0 bridgehead atoms. The molecular weight excluding hydrogens is 466 g/mol. The van der Waals surface area contributed by atoms with Crippen molar-refractivity contribution in [3.63, 3.8) is 0 Å². The van der Waals surface area contributed by atoms with E-state index in [0.29, 0.717) is 6.42 Å². The first-order valence-corrected chi connectivity index (χ1v) is 14.2. The van der Waals surface area contributed by atoms with Gasteiger partial charge in [-0.3, -0.25) is 4.31 Å². The molecule has 0 fully saturated rings. The summed E-state index contributed by atoms with van der Waals surface area (Å²) in [6.45, 7) is 5.63. The minimum atomic E-state index is -3.87. The molecule has 5 nitrogen and oxygen atoms in total. The molecule has 4 rings (SSSR count). The molecule has 178 valence electrons. The van der Waals surface area contributed by atoms with E-state index >= 15 is 0 Å². The van der Waals surface area contributed by atoms with E-state index in [1.54, 1.807) is 48.5 Å². The summed E-state index contributed by atoms with van der Waals surface area (Å²) in [7, 11) is -7.57. The van der Waals surface area contributed by atoms with Crippen LogP contribution in [0.3, 0.4) is 0 Å². The number of sulfonamides is 1. The van der Waals surface area contributed by atoms with Gasteiger partial charge in [0.25, 0.3) is 10.0 Å². The monoisotopic (exact) mass is 495 g/mol. The average Bonchev–Trinajstić information content (AvgIpc) is 2.81. The van der Waals surface area contributed by atoms with Gasteiger partial charge in [-0.1, -0.05) is 72.6 Å². The highest BCUT2D eigenvalue weighted by molar-refractivity contribution is 7.92. The Kier molecular flexibility index (Phi) is 6.69. The van der Waals surface area contributed by atoms with Crippen molar-refractivity contribution in [1.29, 1.82) is 0 Å². The highest BCUT2D eigenvalue weighted by Crippen LogP contribution is 2.35. The predicted molar refractivity (Wildman–Crippen MR) is 135 cm³/mol. The highest BCUT2D eigenvalue weighted by Gasteiger charge is 2.43. The van der Waals surface area contributed by atoms with Crippen LogP contribution in [0.5, 0.6) is 0 Å². The van der Waals surface area contributed by atoms with Crippen LogP contribution in [0.2, 0.25) is 0 Å². The van der Waals surface area contributed by atoms with Gasteiger partial charge in [0, 0.05) is 6.20 Å². The number of rotatable bonds is 6. The Morgan fingerprint density at radius 3 is 1.82 bits per heavy atom. The van der Waals surface area contributed by atoms with Crippen LogP contribution in [0.1, 0.15) is 23.6 Å². The molecule has 3 atom stereocenters. The van der Waals surface area contributed by atoms with Crippen molar-refractivity contribution in [3.05, 3.63) is 108 Å². The fourth-order valence-electron chi connectivity index (χ4n) is 4.40. The van der Waals surface area contributed by atoms with E-state index in [9.17, 15) is 16.8 Å². The number of aryl methyl sites for hydroxylation is 2. The van der Waals surface area contributed by atoms with Crippen molar-refractivity contribution in [2.75, 3.05) is 0 Å². The molecule has 1 aliphatic rings. The molecule has 0 aliphatic carbocycles. The Hall–Kier alpha value is -2.90. The van der Waals surface area contributed by atoms with Crippen LogP contribution in [0, 0.1) is 19.8 Å².